The summed E-state index contributed by atoms with van der Waals surface area (Å²) in [6.45, 7) is 3.62. The Morgan fingerprint density at radius 2 is 2.21 bits per heavy atom. The second-order valence-electron chi connectivity index (χ2n) is 7.16. The lowest BCUT2D eigenvalue weighted by Crippen LogP contribution is -2.42. The predicted molar refractivity (Wildman–Crippen MR) is 108 cm³/mol. The maximum atomic E-state index is 12.6. The number of rotatable bonds is 5. The number of nitrogens with one attached hydrogen (secondary N) is 1. The van der Waals surface area contributed by atoms with E-state index >= 15 is 0 Å². The van der Waals surface area contributed by atoms with Gasteiger partial charge in [0.05, 0.1) is 29.0 Å². The Kier molecular flexibility index (Phi) is 5.50. The molecule has 0 spiro atoms. The van der Waals surface area contributed by atoms with Crippen molar-refractivity contribution in [2.45, 2.75) is 32.9 Å². The van der Waals surface area contributed by atoms with Gasteiger partial charge in [-0.15, -0.1) is 11.3 Å². The fraction of sp³-hybridized carbons (Fsp3) is 0.400. The maximum Gasteiger partial charge on any atom is 0.318 e. The third-order valence-corrected chi connectivity index (χ3v) is 5.89. The van der Waals surface area contributed by atoms with Crippen LogP contribution in [0.25, 0.3) is 10.2 Å². The largest absolute Gasteiger partial charge is 0.396 e. The number of para-hydroxylation sites is 1. The molecule has 146 valence electrons. The highest BCUT2D eigenvalue weighted by atomic mass is 32.1. The van der Waals surface area contributed by atoms with Crippen LogP contribution in [0.4, 0.5) is 4.79 Å². The normalized spacial score (nSPS) is 14.7. The van der Waals surface area contributed by atoms with E-state index in [1.165, 1.54) is 0 Å². The molecule has 1 aliphatic rings. The Labute approximate surface area is 167 Å². The van der Waals surface area contributed by atoms with E-state index < -0.39 is 0 Å². The molecule has 1 aliphatic heterocycles. The Bertz CT molecular complexity index is 957. The lowest BCUT2D eigenvalue weighted by molar-refractivity contribution is 0.190. The molecular formula is C20H23N5O2S. The molecule has 4 rings (SSSR count). The summed E-state index contributed by atoms with van der Waals surface area (Å²) in [5, 5.41) is 13.1. The van der Waals surface area contributed by atoms with Crippen LogP contribution in [0, 0.1) is 5.92 Å². The van der Waals surface area contributed by atoms with Crippen molar-refractivity contribution in [1.29, 1.82) is 0 Å². The lowest BCUT2D eigenvalue weighted by atomic mass is 10.1. The van der Waals surface area contributed by atoms with Crippen molar-refractivity contribution in [3.63, 3.8) is 0 Å². The molecule has 0 saturated heterocycles. The predicted octanol–water partition coefficient (Wildman–Crippen LogP) is 2.53. The zero-order valence-electron chi connectivity index (χ0n) is 15.8. The van der Waals surface area contributed by atoms with Gasteiger partial charge in [-0.3, -0.25) is 0 Å². The van der Waals surface area contributed by atoms with Crippen molar-refractivity contribution in [2.75, 3.05) is 13.2 Å². The van der Waals surface area contributed by atoms with Gasteiger partial charge in [0, 0.05) is 25.8 Å². The van der Waals surface area contributed by atoms with Gasteiger partial charge < -0.3 is 15.3 Å². The molecule has 3 aromatic rings. The minimum Gasteiger partial charge on any atom is -0.396 e. The third kappa shape index (κ3) is 4.13. The number of fused-ring (bicyclic) bond motifs is 2. The molecule has 3 heterocycles. The van der Waals surface area contributed by atoms with Gasteiger partial charge in [0.15, 0.2) is 0 Å². The van der Waals surface area contributed by atoms with Crippen LogP contribution in [0.3, 0.4) is 0 Å². The van der Waals surface area contributed by atoms with Crippen LogP contribution in [0.15, 0.2) is 30.5 Å². The van der Waals surface area contributed by atoms with Crippen LogP contribution in [0.2, 0.25) is 0 Å². The van der Waals surface area contributed by atoms with Gasteiger partial charge in [-0.05, 0) is 30.0 Å². The minimum absolute atomic E-state index is 0.103. The molecule has 0 saturated carbocycles. The van der Waals surface area contributed by atoms with E-state index in [2.05, 4.69) is 20.3 Å². The summed E-state index contributed by atoms with van der Waals surface area (Å²) in [6, 6.07) is 7.87. The van der Waals surface area contributed by atoms with Gasteiger partial charge in [0.2, 0.25) is 0 Å². The lowest BCUT2D eigenvalue weighted by Gasteiger charge is -2.28. The summed E-state index contributed by atoms with van der Waals surface area (Å²) in [4.78, 5) is 28.0. The number of aliphatic hydroxyl groups is 1. The number of carbonyl (C=O) groups is 1. The van der Waals surface area contributed by atoms with Gasteiger partial charge in [0.1, 0.15) is 10.8 Å². The number of carbonyl (C=O) groups excluding carboxylic acids is 1. The number of nitrogens with zero attached hydrogens (tertiary/aromatic N) is 4. The van der Waals surface area contributed by atoms with Crippen LogP contribution < -0.4 is 5.32 Å². The number of urea groups is 1. The number of thiazole rings is 1. The maximum absolute atomic E-state index is 12.6. The summed E-state index contributed by atoms with van der Waals surface area (Å²) >= 11 is 1.60. The van der Waals surface area contributed by atoms with Gasteiger partial charge >= 0.3 is 6.03 Å². The molecule has 0 aliphatic carbocycles. The van der Waals surface area contributed by atoms with Gasteiger partial charge in [-0.2, -0.15) is 0 Å². The van der Waals surface area contributed by atoms with Gasteiger partial charge in [-0.1, -0.05) is 19.1 Å². The van der Waals surface area contributed by atoms with Crippen molar-refractivity contribution >= 4 is 27.6 Å². The topological polar surface area (TPSA) is 91.2 Å². The van der Waals surface area contributed by atoms with E-state index in [4.69, 9.17) is 0 Å². The zero-order valence-corrected chi connectivity index (χ0v) is 16.6. The highest BCUT2D eigenvalue weighted by Gasteiger charge is 2.23. The Morgan fingerprint density at radius 3 is 3.04 bits per heavy atom. The van der Waals surface area contributed by atoms with Crippen LogP contribution in [0.5, 0.6) is 0 Å². The molecule has 2 amide bonds. The molecule has 0 unspecified atom stereocenters. The van der Waals surface area contributed by atoms with E-state index in [1.54, 1.807) is 16.2 Å². The summed E-state index contributed by atoms with van der Waals surface area (Å²) in [6.07, 6.45) is 3.24. The first-order valence-corrected chi connectivity index (χ1v) is 10.3. The van der Waals surface area contributed by atoms with Crippen molar-refractivity contribution in [1.82, 2.24) is 25.2 Å². The first kappa shape index (κ1) is 18.8. The van der Waals surface area contributed by atoms with Gasteiger partial charge in [0.25, 0.3) is 0 Å². The molecule has 0 bridgehead atoms. The standard InChI is InChI=1S/C20H23N5O2S/c1-13(12-26)8-18-21-9-14-6-7-25(11-16(14)23-18)20(27)22-10-19-24-15-4-2-3-5-17(15)28-19/h2-5,9,13,26H,6-8,10-12H2,1H3,(H,22,27)/t13-/m1/s1. The van der Waals surface area contributed by atoms with E-state index in [0.29, 0.717) is 26.1 Å². The highest BCUT2D eigenvalue weighted by molar-refractivity contribution is 7.18. The molecule has 28 heavy (non-hydrogen) atoms. The second-order valence-corrected chi connectivity index (χ2v) is 8.27. The Hall–Kier alpha value is -2.58. The number of hydrogen-bond donors (Lipinski definition) is 2. The van der Waals surface area contributed by atoms with Gasteiger partial charge in [-0.25, -0.2) is 19.7 Å². The smallest absolute Gasteiger partial charge is 0.318 e. The fourth-order valence-corrected chi connectivity index (χ4v) is 4.16. The van der Waals surface area contributed by atoms with E-state index in [0.717, 1.165) is 38.7 Å². The van der Waals surface area contributed by atoms with Crippen LogP contribution in [-0.2, 0) is 25.9 Å². The van der Waals surface area contributed by atoms with Crippen molar-refractivity contribution in [2.24, 2.45) is 5.92 Å². The van der Waals surface area contributed by atoms with E-state index in [1.807, 2.05) is 37.4 Å². The number of aromatic nitrogens is 3. The van der Waals surface area contributed by atoms with E-state index in [9.17, 15) is 9.90 Å². The number of amides is 2. The molecule has 0 radical (unpaired) electrons. The molecule has 2 N–H and O–H groups in total. The molecule has 0 fully saturated rings. The van der Waals surface area contributed by atoms with Crippen LogP contribution in [-0.4, -0.2) is 44.1 Å². The third-order valence-electron chi connectivity index (χ3n) is 4.85. The number of aliphatic hydroxyl groups excluding tert-OH is 1. The second kappa shape index (κ2) is 8.20. The summed E-state index contributed by atoms with van der Waals surface area (Å²) in [7, 11) is 0. The Balaban J connectivity index is 1.38. The van der Waals surface area contributed by atoms with Crippen molar-refractivity contribution in [3.8, 4) is 0 Å². The number of hydrogen-bond acceptors (Lipinski definition) is 6. The molecular weight excluding hydrogens is 374 g/mol. The highest BCUT2D eigenvalue weighted by Crippen LogP contribution is 2.22. The Morgan fingerprint density at radius 1 is 1.36 bits per heavy atom. The molecule has 1 atom stereocenters. The van der Waals surface area contributed by atoms with Crippen molar-refractivity contribution in [3.05, 3.63) is 52.6 Å². The molecule has 7 nitrogen and oxygen atoms in total. The monoisotopic (exact) mass is 397 g/mol. The van der Waals surface area contributed by atoms with E-state index in [-0.39, 0.29) is 18.6 Å². The first-order chi connectivity index (χ1) is 13.6. The number of benzene rings is 1. The quantitative estimate of drug-likeness (QED) is 0.690. The summed E-state index contributed by atoms with van der Waals surface area (Å²) in [5.74, 6) is 0.840. The zero-order chi connectivity index (χ0) is 19.5. The minimum atomic E-state index is -0.103. The molecule has 2 aromatic heterocycles. The van der Waals surface area contributed by atoms with Crippen LogP contribution in [0.1, 0.15) is 29.0 Å². The first-order valence-electron chi connectivity index (χ1n) is 9.44. The summed E-state index contributed by atoms with van der Waals surface area (Å²) in [5.41, 5.74) is 2.96. The SMILES string of the molecule is C[C@@H](CO)Cc1ncc2c(n1)CN(C(=O)NCc1nc3ccccc3s1)CC2. The average Bonchev–Trinajstić information content (AvgIpc) is 3.14. The molecule has 8 heteroatoms. The average molecular weight is 398 g/mol. The summed E-state index contributed by atoms with van der Waals surface area (Å²) < 4.78 is 1.12. The van der Waals surface area contributed by atoms with Crippen molar-refractivity contribution < 1.29 is 9.90 Å². The molecule has 1 aromatic carbocycles. The van der Waals surface area contributed by atoms with Crippen LogP contribution >= 0.6 is 11.3 Å². The fourth-order valence-electron chi connectivity index (χ4n) is 3.25.